The van der Waals surface area contributed by atoms with Crippen LogP contribution in [0.5, 0.6) is 0 Å². The van der Waals surface area contributed by atoms with Gasteiger partial charge in [-0.3, -0.25) is 0 Å². The highest BCUT2D eigenvalue weighted by atomic mass is 32.2. The molecule has 6 heteroatoms. The smallest absolute Gasteiger partial charge is 0.220 e. The van der Waals surface area contributed by atoms with Crippen LogP contribution in [-0.4, -0.2) is 24.1 Å². The quantitative estimate of drug-likeness (QED) is 0.925. The van der Waals surface area contributed by atoms with Crippen molar-refractivity contribution in [3.63, 3.8) is 0 Å². The minimum Gasteiger partial charge on any atom is -0.368 e. The number of nitrogens with two attached hydrogens (primary N) is 1. The van der Waals surface area contributed by atoms with E-state index in [-0.39, 0.29) is 16.6 Å². The van der Waals surface area contributed by atoms with E-state index in [0.717, 1.165) is 11.1 Å². The first-order valence-corrected chi connectivity index (χ1v) is 7.51. The Hall–Kier alpha value is -1.95. The van der Waals surface area contributed by atoms with Gasteiger partial charge in [0.05, 0.1) is 17.6 Å². The lowest BCUT2D eigenvalue weighted by molar-refractivity contribution is 0.597. The zero-order valence-electron chi connectivity index (χ0n) is 10.8. The summed E-state index contributed by atoms with van der Waals surface area (Å²) in [7, 11) is -3.39. The van der Waals surface area contributed by atoms with Gasteiger partial charge in [0.1, 0.15) is 4.90 Å². The topological polar surface area (TPSA) is 85.9 Å². The van der Waals surface area contributed by atoms with Crippen LogP contribution in [0.2, 0.25) is 0 Å². The van der Waals surface area contributed by atoms with Crippen molar-refractivity contribution in [3.05, 3.63) is 36.0 Å². The molecule has 2 N–H and O–H groups in total. The Labute approximate surface area is 112 Å². The molecule has 0 saturated heterocycles. The lowest BCUT2D eigenvalue weighted by atomic mass is 10.1. The summed E-state index contributed by atoms with van der Waals surface area (Å²) in [4.78, 5) is 8.00. The van der Waals surface area contributed by atoms with Gasteiger partial charge in [-0.25, -0.2) is 18.4 Å². The largest absolute Gasteiger partial charge is 0.368 e. The van der Waals surface area contributed by atoms with Crippen LogP contribution in [0.4, 0.5) is 5.95 Å². The monoisotopic (exact) mass is 277 g/mol. The molecule has 0 spiro atoms. The van der Waals surface area contributed by atoms with E-state index in [0.29, 0.717) is 5.69 Å². The molecule has 2 rings (SSSR count). The average molecular weight is 277 g/mol. The van der Waals surface area contributed by atoms with E-state index in [4.69, 9.17) is 5.73 Å². The summed E-state index contributed by atoms with van der Waals surface area (Å²) < 4.78 is 24.1. The Morgan fingerprint density at radius 2 is 2.05 bits per heavy atom. The number of anilines is 1. The molecule has 0 aliphatic heterocycles. The van der Waals surface area contributed by atoms with Gasteiger partial charge in [-0.2, -0.15) is 0 Å². The summed E-state index contributed by atoms with van der Waals surface area (Å²) in [5.41, 5.74) is 7.68. The number of aromatic nitrogens is 2. The Morgan fingerprint density at radius 1 is 1.32 bits per heavy atom. The highest BCUT2D eigenvalue weighted by molar-refractivity contribution is 7.91. The first-order valence-electron chi connectivity index (χ1n) is 5.86. The van der Waals surface area contributed by atoms with E-state index in [1.165, 1.54) is 6.20 Å². The maximum Gasteiger partial charge on any atom is 0.220 e. The Morgan fingerprint density at radius 3 is 2.68 bits per heavy atom. The van der Waals surface area contributed by atoms with Crippen molar-refractivity contribution in [2.45, 2.75) is 18.7 Å². The summed E-state index contributed by atoms with van der Waals surface area (Å²) >= 11 is 0. The molecule has 0 aliphatic rings. The molecule has 0 atom stereocenters. The third-order valence-corrected chi connectivity index (χ3v) is 4.51. The predicted octanol–water partition coefficient (Wildman–Crippen LogP) is 1.83. The maximum absolute atomic E-state index is 12.1. The molecule has 0 bridgehead atoms. The zero-order chi connectivity index (χ0) is 14.0. The number of sulfone groups is 1. The maximum atomic E-state index is 12.1. The van der Waals surface area contributed by atoms with Crippen molar-refractivity contribution in [3.8, 4) is 11.3 Å². The molecule has 1 heterocycles. The molecule has 19 heavy (non-hydrogen) atoms. The number of nitrogens with zero attached hydrogens (tertiary/aromatic N) is 2. The minimum absolute atomic E-state index is 0.000899. The number of aryl methyl sites for hydroxylation is 1. The second kappa shape index (κ2) is 4.97. The molecule has 0 saturated carbocycles. The van der Waals surface area contributed by atoms with Crippen molar-refractivity contribution in [1.29, 1.82) is 0 Å². The van der Waals surface area contributed by atoms with Crippen LogP contribution < -0.4 is 5.73 Å². The number of benzene rings is 1. The molecule has 0 aliphatic carbocycles. The highest BCUT2D eigenvalue weighted by Crippen LogP contribution is 2.26. The molecule has 0 fully saturated rings. The van der Waals surface area contributed by atoms with Crippen LogP contribution in [0.1, 0.15) is 12.5 Å². The van der Waals surface area contributed by atoms with Gasteiger partial charge in [0, 0.05) is 5.56 Å². The van der Waals surface area contributed by atoms with Gasteiger partial charge < -0.3 is 5.73 Å². The third kappa shape index (κ3) is 2.73. The van der Waals surface area contributed by atoms with Gasteiger partial charge in [0.25, 0.3) is 0 Å². The molecule has 1 aromatic heterocycles. The zero-order valence-corrected chi connectivity index (χ0v) is 11.6. The van der Waals surface area contributed by atoms with Crippen LogP contribution in [0.3, 0.4) is 0 Å². The molecule has 0 amide bonds. The second-order valence-electron chi connectivity index (χ2n) is 4.21. The van der Waals surface area contributed by atoms with Gasteiger partial charge >= 0.3 is 0 Å². The van der Waals surface area contributed by atoms with Gasteiger partial charge in [0.2, 0.25) is 5.95 Å². The second-order valence-corrected chi connectivity index (χ2v) is 6.46. The molecular formula is C13H15N3O2S. The summed E-state index contributed by atoms with van der Waals surface area (Å²) in [5, 5.41) is 0. The predicted molar refractivity (Wildman–Crippen MR) is 74.3 cm³/mol. The fourth-order valence-corrected chi connectivity index (χ4v) is 2.75. The Balaban J connectivity index is 2.72. The summed E-state index contributed by atoms with van der Waals surface area (Å²) in [6, 6.07) is 7.47. The molecule has 0 unspecified atom stereocenters. The average Bonchev–Trinajstić information content (AvgIpc) is 2.38. The fourth-order valence-electron chi connectivity index (χ4n) is 1.77. The van der Waals surface area contributed by atoms with Crippen LogP contribution >= 0.6 is 0 Å². The molecule has 1 aromatic carbocycles. The summed E-state index contributed by atoms with van der Waals surface area (Å²) in [6.45, 7) is 3.52. The van der Waals surface area contributed by atoms with E-state index in [1.54, 1.807) is 6.92 Å². The van der Waals surface area contributed by atoms with Gasteiger partial charge in [0.15, 0.2) is 9.84 Å². The molecule has 5 nitrogen and oxygen atoms in total. The number of hydrogen-bond acceptors (Lipinski definition) is 5. The third-order valence-electron chi connectivity index (χ3n) is 2.78. The molecular weight excluding hydrogens is 262 g/mol. The van der Waals surface area contributed by atoms with Gasteiger partial charge in [-0.05, 0) is 13.0 Å². The molecule has 2 aromatic rings. The van der Waals surface area contributed by atoms with Crippen LogP contribution in [-0.2, 0) is 9.84 Å². The normalized spacial score (nSPS) is 11.5. The SMILES string of the molecule is CCS(=O)(=O)c1cnc(N)nc1-c1cccc(C)c1. The van der Waals surface area contributed by atoms with Crippen molar-refractivity contribution in [2.24, 2.45) is 0 Å². The van der Waals surface area contributed by atoms with Crippen LogP contribution in [0.25, 0.3) is 11.3 Å². The Kier molecular flexibility index (Phi) is 3.53. The lowest BCUT2D eigenvalue weighted by Crippen LogP contribution is -2.09. The van der Waals surface area contributed by atoms with Gasteiger partial charge in [-0.15, -0.1) is 0 Å². The Bertz CT molecular complexity index is 712. The van der Waals surface area contributed by atoms with E-state index in [1.807, 2.05) is 31.2 Å². The van der Waals surface area contributed by atoms with E-state index >= 15 is 0 Å². The summed E-state index contributed by atoms with van der Waals surface area (Å²) in [6.07, 6.45) is 1.28. The standard InChI is InChI=1S/C13H15N3O2S/c1-3-19(17,18)11-8-15-13(14)16-12(11)10-6-4-5-9(2)7-10/h4-8H,3H2,1-2H3,(H2,14,15,16). The van der Waals surface area contributed by atoms with Crippen molar-refractivity contribution < 1.29 is 8.42 Å². The van der Waals surface area contributed by atoms with Crippen molar-refractivity contribution in [2.75, 3.05) is 11.5 Å². The van der Waals surface area contributed by atoms with Crippen LogP contribution in [0, 0.1) is 6.92 Å². The van der Waals surface area contributed by atoms with E-state index in [9.17, 15) is 8.42 Å². The van der Waals surface area contributed by atoms with Crippen molar-refractivity contribution >= 4 is 15.8 Å². The molecule has 0 radical (unpaired) electrons. The van der Waals surface area contributed by atoms with E-state index < -0.39 is 9.84 Å². The summed E-state index contributed by atoms with van der Waals surface area (Å²) in [5.74, 6) is 0.0607. The first-order chi connectivity index (χ1) is 8.94. The number of nitrogen functional groups attached to an aromatic ring is 1. The van der Waals surface area contributed by atoms with Crippen LogP contribution in [0.15, 0.2) is 35.4 Å². The minimum atomic E-state index is -3.39. The van der Waals surface area contributed by atoms with Crippen molar-refractivity contribution in [1.82, 2.24) is 9.97 Å². The fraction of sp³-hybridized carbons (Fsp3) is 0.231. The number of hydrogen-bond donors (Lipinski definition) is 1. The first kappa shape index (κ1) is 13.5. The number of rotatable bonds is 3. The highest BCUT2D eigenvalue weighted by Gasteiger charge is 2.20. The van der Waals surface area contributed by atoms with E-state index in [2.05, 4.69) is 9.97 Å². The van der Waals surface area contributed by atoms with Gasteiger partial charge in [-0.1, -0.05) is 30.7 Å². The lowest BCUT2D eigenvalue weighted by Gasteiger charge is -2.09. The molecule has 100 valence electrons.